The number of hydrogen-bond acceptors (Lipinski definition) is 10. The topological polar surface area (TPSA) is 169 Å². The Morgan fingerprint density at radius 2 is 1.58 bits per heavy atom. The fourth-order valence-electron chi connectivity index (χ4n) is 3.00. The minimum absolute atomic E-state index is 0.210. The number of aliphatic hydroxyl groups excluding tert-OH is 3. The van der Waals surface area contributed by atoms with E-state index in [1.165, 1.54) is 6.07 Å². The van der Waals surface area contributed by atoms with Crippen LogP contribution in [0.5, 0.6) is 17.2 Å². The summed E-state index contributed by atoms with van der Waals surface area (Å²) < 4.78 is 18.5. The van der Waals surface area contributed by atoms with Crippen molar-refractivity contribution in [3.8, 4) is 17.2 Å². The SMILES string of the molecule is O=C([O-])Cc1cc(I)c(Oc2ccc(O[C@@H]3O[C@H](C(=O)[O-])[C@@H](O)[C@H](O)[C@H]3O)c(I)c2)c(I)c1. The molecule has 33 heavy (non-hydrogen) atoms. The molecule has 0 aromatic heterocycles. The highest BCUT2D eigenvalue weighted by atomic mass is 127. The van der Waals surface area contributed by atoms with Gasteiger partial charge < -0.3 is 49.3 Å². The molecule has 10 nitrogen and oxygen atoms in total. The molecular weight excluding hydrogens is 781 g/mol. The Morgan fingerprint density at radius 3 is 2.12 bits per heavy atom. The second kappa shape index (κ2) is 11.2. The minimum Gasteiger partial charge on any atom is -0.550 e. The maximum absolute atomic E-state index is 11.1. The van der Waals surface area contributed by atoms with Crippen molar-refractivity contribution in [2.75, 3.05) is 0 Å². The van der Waals surface area contributed by atoms with Gasteiger partial charge in [-0.3, -0.25) is 0 Å². The maximum atomic E-state index is 11.1. The number of ether oxygens (including phenoxy) is 3. The number of halogens is 3. The number of rotatable bonds is 7. The van der Waals surface area contributed by atoms with E-state index in [4.69, 9.17) is 14.2 Å². The average Bonchev–Trinajstić information content (AvgIpc) is 2.72. The summed E-state index contributed by atoms with van der Waals surface area (Å²) in [5, 5.41) is 51.7. The van der Waals surface area contributed by atoms with Crippen LogP contribution in [0.2, 0.25) is 0 Å². The molecule has 1 heterocycles. The van der Waals surface area contributed by atoms with Gasteiger partial charge in [0, 0.05) is 12.4 Å². The lowest BCUT2D eigenvalue weighted by molar-refractivity contribution is -0.342. The molecule has 0 aliphatic carbocycles. The van der Waals surface area contributed by atoms with Crippen molar-refractivity contribution in [3.63, 3.8) is 0 Å². The third-order valence-electron chi connectivity index (χ3n) is 4.57. The molecule has 178 valence electrons. The van der Waals surface area contributed by atoms with Crippen LogP contribution in [0.15, 0.2) is 30.3 Å². The number of hydrogen-bond donors (Lipinski definition) is 3. The molecular formula is C20H15I3O10-2. The normalized spacial score (nSPS) is 24.8. The van der Waals surface area contributed by atoms with Gasteiger partial charge in [-0.25, -0.2) is 0 Å². The summed E-state index contributed by atoms with van der Waals surface area (Å²) in [6.45, 7) is 0. The van der Waals surface area contributed by atoms with Crippen LogP contribution in [0.4, 0.5) is 0 Å². The average molecular weight is 796 g/mol. The highest BCUT2D eigenvalue weighted by Gasteiger charge is 2.45. The molecule has 0 radical (unpaired) electrons. The van der Waals surface area contributed by atoms with E-state index in [0.29, 0.717) is 27.8 Å². The van der Waals surface area contributed by atoms with Gasteiger partial charge in [0.2, 0.25) is 6.29 Å². The number of benzene rings is 2. The largest absolute Gasteiger partial charge is 0.550 e. The van der Waals surface area contributed by atoms with Gasteiger partial charge in [-0.2, -0.15) is 0 Å². The van der Waals surface area contributed by atoms with Gasteiger partial charge in [-0.05, 0) is 104 Å². The van der Waals surface area contributed by atoms with Crippen LogP contribution in [0.25, 0.3) is 0 Å². The van der Waals surface area contributed by atoms with Gasteiger partial charge >= 0.3 is 0 Å². The monoisotopic (exact) mass is 796 g/mol. The Balaban J connectivity index is 1.77. The van der Waals surface area contributed by atoms with E-state index >= 15 is 0 Å². The van der Waals surface area contributed by atoms with E-state index in [1.54, 1.807) is 24.3 Å². The number of carboxylic acids is 2. The molecule has 0 amide bonds. The highest BCUT2D eigenvalue weighted by molar-refractivity contribution is 14.1. The van der Waals surface area contributed by atoms with Gasteiger partial charge in [-0.15, -0.1) is 0 Å². The molecule has 1 saturated heterocycles. The number of carbonyl (C=O) groups is 2. The molecule has 1 aliphatic heterocycles. The predicted octanol–water partition coefficient (Wildman–Crippen LogP) is -0.479. The van der Waals surface area contributed by atoms with Crippen molar-refractivity contribution in [3.05, 3.63) is 46.6 Å². The van der Waals surface area contributed by atoms with Gasteiger partial charge in [0.05, 0.1) is 16.7 Å². The third kappa shape index (κ3) is 6.37. The van der Waals surface area contributed by atoms with Crippen LogP contribution in [-0.2, 0) is 20.7 Å². The molecule has 2 aromatic rings. The van der Waals surface area contributed by atoms with Crippen LogP contribution in [0, 0.1) is 10.7 Å². The van der Waals surface area contributed by atoms with E-state index < -0.39 is 42.6 Å². The summed E-state index contributed by atoms with van der Waals surface area (Å²) in [6.07, 6.45) is -9.04. The van der Waals surface area contributed by atoms with Crippen molar-refractivity contribution in [1.82, 2.24) is 0 Å². The Hall–Kier alpha value is -0.990. The summed E-state index contributed by atoms with van der Waals surface area (Å²) >= 11 is 6.01. The van der Waals surface area contributed by atoms with Crippen molar-refractivity contribution in [1.29, 1.82) is 0 Å². The summed E-state index contributed by atoms with van der Waals surface area (Å²) in [5.41, 5.74) is 0.586. The van der Waals surface area contributed by atoms with Crippen LogP contribution in [0.3, 0.4) is 0 Å². The molecule has 2 aromatic carbocycles. The molecule has 0 unspecified atom stereocenters. The zero-order valence-electron chi connectivity index (χ0n) is 16.3. The third-order valence-corrected chi connectivity index (χ3v) is 7.02. The van der Waals surface area contributed by atoms with Gasteiger partial charge in [0.15, 0.2) is 5.75 Å². The van der Waals surface area contributed by atoms with Crippen molar-refractivity contribution in [2.24, 2.45) is 0 Å². The molecule has 1 aliphatic rings. The highest BCUT2D eigenvalue weighted by Crippen LogP contribution is 2.36. The molecule has 3 N–H and O–H groups in total. The molecule has 0 spiro atoms. The molecule has 0 saturated carbocycles. The van der Waals surface area contributed by atoms with Crippen LogP contribution >= 0.6 is 67.8 Å². The summed E-state index contributed by atoms with van der Waals surface area (Å²) in [6, 6.07) is 8.06. The van der Waals surface area contributed by atoms with E-state index in [1.807, 2.05) is 67.8 Å². The number of carbonyl (C=O) groups excluding carboxylic acids is 2. The van der Waals surface area contributed by atoms with Gasteiger partial charge in [-0.1, -0.05) is 0 Å². The van der Waals surface area contributed by atoms with Crippen molar-refractivity contribution in [2.45, 2.75) is 37.1 Å². The summed E-state index contributed by atoms with van der Waals surface area (Å²) in [7, 11) is 0. The fraction of sp³-hybridized carbons (Fsp3) is 0.300. The lowest BCUT2D eigenvalue weighted by atomic mass is 9.99. The lowest BCUT2D eigenvalue weighted by Gasteiger charge is -2.40. The predicted molar refractivity (Wildman–Crippen MR) is 132 cm³/mol. The first-order valence-corrected chi connectivity index (χ1v) is 12.4. The summed E-state index contributed by atoms with van der Waals surface area (Å²) in [5.74, 6) is -1.76. The Labute approximate surface area is 228 Å². The van der Waals surface area contributed by atoms with E-state index in [0.717, 1.165) is 0 Å². The molecule has 0 bridgehead atoms. The van der Waals surface area contributed by atoms with E-state index in [-0.39, 0.29) is 12.2 Å². The Kier molecular flexibility index (Phi) is 9.00. The number of aliphatic hydroxyl groups is 3. The zero-order valence-corrected chi connectivity index (χ0v) is 22.8. The smallest absolute Gasteiger partial charge is 0.229 e. The molecule has 3 rings (SSSR count). The van der Waals surface area contributed by atoms with Gasteiger partial charge in [0.25, 0.3) is 0 Å². The Morgan fingerprint density at radius 1 is 0.939 bits per heavy atom. The summed E-state index contributed by atoms with van der Waals surface area (Å²) in [4.78, 5) is 22.0. The van der Waals surface area contributed by atoms with Crippen LogP contribution in [0.1, 0.15) is 5.56 Å². The first-order chi connectivity index (χ1) is 15.5. The van der Waals surface area contributed by atoms with Crippen molar-refractivity contribution >= 4 is 79.7 Å². The standard InChI is InChI=1S/C20H17I3O10/c21-9-6-8(31-17-10(22)3-7(4-11(17)23)5-13(24)25)1-2-12(9)32-20-16(28)14(26)15(27)18(33-20)19(29)30/h1-4,6,14-16,18,20,26-28H,5H2,(H,24,25)(H,29,30)/p-2/t14-,15-,16+,18-,20+/m0/s1. The Bertz CT molecular complexity index is 1040. The van der Waals surface area contributed by atoms with E-state index in [9.17, 15) is 35.1 Å². The van der Waals surface area contributed by atoms with Crippen LogP contribution in [-0.4, -0.2) is 58.0 Å². The van der Waals surface area contributed by atoms with Gasteiger partial charge in [0.1, 0.15) is 35.9 Å². The number of aliphatic carboxylic acids is 2. The molecule has 1 fully saturated rings. The van der Waals surface area contributed by atoms with E-state index in [2.05, 4.69) is 0 Å². The number of carboxylic acid groups (broad SMARTS) is 2. The van der Waals surface area contributed by atoms with Crippen molar-refractivity contribution < 1.29 is 49.3 Å². The second-order valence-corrected chi connectivity index (χ2v) is 10.5. The quantitative estimate of drug-likeness (QED) is 0.312. The first-order valence-electron chi connectivity index (χ1n) is 9.20. The fourth-order valence-corrected chi connectivity index (χ4v) is 5.73. The minimum atomic E-state index is -1.88. The van der Waals surface area contributed by atoms with Crippen LogP contribution < -0.4 is 19.7 Å². The lowest BCUT2D eigenvalue weighted by Crippen LogP contribution is -2.63. The molecule has 5 atom stereocenters. The zero-order chi connectivity index (χ0) is 24.4. The first kappa shape index (κ1) is 26.6. The molecule has 13 heteroatoms. The maximum Gasteiger partial charge on any atom is 0.229 e. The second-order valence-electron chi connectivity index (χ2n) is 6.97.